The maximum absolute atomic E-state index is 9.10. The van der Waals surface area contributed by atoms with Crippen molar-refractivity contribution in [3.05, 3.63) is 41.5 Å². The molecule has 198 valence electrons. The molecule has 1 heterocycles. The molecule has 0 radical (unpaired) electrons. The highest BCUT2D eigenvalue weighted by molar-refractivity contribution is 6.27. The zero-order valence-corrected chi connectivity index (χ0v) is 21.3. The SMILES string of the molecule is COc1cc(CN2CCN(Cc3ccc(OC)c(OC)c3OC)CC2)cc(OC)c1.O=C(O)C(=O)O. The van der Waals surface area contributed by atoms with E-state index in [1.165, 1.54) is 5.56 Å². The lowest BCUT2D eigenvalue weighted by molar-refractivity contribution is -0.159. The number of nitrogens with zero attached hydrogens (tertiary/aromatic N) is 2. The largest absolute Gasteiger partial charge is 0.497 e. The van der Waals surface area contributed by atoms with Crippen LogP contribution in [0.4, 0.5) is 0 Å². The molecular weight excluding hydrogens is 472 g/mol. The van der Waals surface area contributed by atoms with Gasteiger partial charge in [-0.3, -0.25) is 9.80 Å². The number of piperazine rings is 1. The molecule has 11 heteroatoms. The average molecular weight is 507 g/mol. The molecule has 1 saturated heterocycles. The normalized spacial score (nSPS) is 13.7. The van der Waals surface area contributed by atoms with E-state index in [0.717, 1.165) is 62.1 Å². The molecule has 0 spiro atoms. The van der Waals surface area contributed by atoms with Crippen molar-refractivity contribution in [1.29, 1.82) is 0 Å². The van der Waals surface area contributed by atoms with Gasteiger partial charge in [0.1, 0.15) is 11.5 Å². The monoisotopic (exact) mass is 506 g/mol. The highest BCUT2D eigenvalue weighted by atomic mass is 16.5. The van der Waals surface area contributed by atoms with Gasteiger partial charge in [-0.2, -0.15) is 0 Å². The van der Waals surface area contributed by atoms with E-state index < -0.39 is 11.9 Å². The number of hydrogen-bond acceptors (Lipinski definition) is 9. The summed E-state index contributed by atoms with van der Waals surface area (Å²) in [7, 11) is 8.30. The first-order valence-electron chi connectivity index (χ1n) is 11.2. The van der Waals surface area contributed by atoms with Crippen LogP contribution in [0.5, 0.6) is 28.7 Å². The fourth-order valence-corrected chi connectivity index (χ4v) is 3.85. The van der Waals surface area contributed by atoms with Crippen LogP contribution in [0.3, 0.4) is 0 Å². The molecule has 0 amide bonds. The summed E-state index contributed by atoms with van der Waals surface area (Å²) in [5.74, 6) is 0.0552. The summed E-state index contributed by atoms with van der Waals surface area (Å²) < 4.78 is 27.3. The molecule has 11 nitrogen and oxygen atoms in total. The Morgan fingerprint density at radius 2 is 1.19 bits per heavy atom. The Hall–Kier alpha value is -3.70. The predicted octanol–water partition coefficient (Wildman–Crippen LogP) is 2.20. The highest BCUT2D eigenvalue weighted by Crippen LogP contribution is 2.40. The van der Waals surface area contributed by atoms with E-state index in [4.69, 9.17) is 43.5 Å². The molecule has 0 bridgehead atoms. The smallest absolute Gasteiger partial charge is 0.414 e. The lowest BCUT2D eigenvalue weighted by Crippen LogP contribution is -2.45. The van der Waals surface area contributed by atoms with Crippen LogP contribution in [0.2, 0.25) is 0 Å². The van der Waals surface area contributed by atoms with Gasteiger partial charge in [0.05, 0.1) is 35.5 Å². The van der Waals surface area contributed by atoms with Crippen LogP contribution >= 0.6 is 0 Å². The van der Waals surface area contributed by atoms with Gasteiger partial charge in [-0.1, -0.05) is 6.07 Å². The van der Waals surface area contributed by atoms with Crippen LogP contribution in [0.25, 0.3) is 0 Å². The van der Waals surface area contributed by atoms with Gasteiger partial charge < -0.3 is 33.9 Å². The van der Waals surface area contributed by atoms with Crippen LogP contribution in [0.1, 0.15) is 11.1 Å². The van der Waals surface area contributed by atoms with Crippen molar-refractivity contribution in [3.8, 4) is 28.7 Å². The fraction of sp³-hybridized carbons (Fsp3) is 0.440. The second kappa shape index (κ2) is 14.0. The lowest BCUT2D eigenvalue weighted by atomic mass is 10.1. The summed E-state index contributed by atoms with van der Waals surface area (Å²) in [6.45, 7) is 5.65. The van der Waals surface area contributed by atoms with Crippen LogP contribution in [-0.2, 0) is 22.7 Å². The van der Waals surface area contributed by atoms with Crippen LogP contribution in [-0.4, -0.2) is 93.7 Å². The Balaban J connectivity index is 0.000000678. The van der Waals surface area contributed by atoms with Crippen LogP contribution in [0.15, 0.2) is 30.3 Å². The Morgan fingerprint density at radius 3 is 1.61 bits per heavy atom. The van der Waals surface area contributed by atoms with Crippen molar-refractivity contribution in [2.75, 3.05) is 61.7 Å². The quantitative estimate of drug-likeness (QED) is 0.486. The number of rotatable bonds is 9. The van der Waals surface area contributed by atoms with Gasteiger partial charge in [0.25, 0.3) is 0 Å². The number of methoxy groups -OCH3 is 5. The average Bonchev–Trinajstić information content (AvgIpc) is 2.89. The number of carboxylic acids is 2. The van der Waals surface area contributed by atoms with E-state index in [2.05, 4.69) is 28.0 Å². The molecule has 2 aromatic rings. The Kier molecular flexibility index (Phi) is 11.1. The van der Waals surface area contributed by atoms with Crippen LogP contribution in [0, 0.1) is 0 Å². The summed E-state index contributed by atoms with van der Waals surface area (Å²) in [4.78, 5) is 23.1. The number of carboxylic acid groups (broad SMARTS) is 2. The van der Waals surface area contributed by atoms with E-state index in [0.29, 0.717) is 11.5 Å². The van der Waals surface area contributed by atoms with E-state index >= 15 is 0 Å². The molecular formula is C25H34N2O9. The topological polar surface area (TPSA) is 127 Å². The number of benzene rings is 2. The molecule has 0 unspecified atom stereocenters. The minimum atomic E-state index is -1.82. The first-order chi connectivity index (χ1) is 17.3. The van der Waals surface area contributed by atoms with Gasteiger partial charge in [0, 0.05) is 50.9 Å². The number of carbonyl (C=O) groups is 2. The second-order valence-corrected chi connectivity index (χ2v) is 7.88. The van der Waals surface area contributed by atoms with Crippen molar-refractivity contribution in [3.63, 3.8) is 0 Å². The van der Waals surface area contributed by atoms with Gasteiger partial charge in [0.15, 0.2) is 11.5 Å². The van der Waals surface area contributed by atoms with Gasteiger partial charge in [-0.05, 0) is 23.8 Å². The standard InChI is InChI=1S/C23H32N2O5.C2H2O4/c1-26-19-12-17(13-20(14-19)27-2)15-24-8-10-25(11-9-24)16-18-6-7-21(28-3)23(30-5)22(18)29-4;3-1(4)2(5)6/h6-7,12-14H,8-11,15-16H2,1-5H3;(H,3,4)(H,5,6). The number of ether oxygens (including phenoxy) is 5. The third-order valence-electron chi connectivity index (χ3n) is 5.64. The maximum atomic E-state index is 9.10. The Bertz CT molecular complexity index is 987. The van der Waals surface area contributed by atoms with Crippen LogP contribution < -0.4 is 23.7 Å². The van der Waals surface area contributed by atoms with Crippen molar-refractivity contribution < 1.29 is 43.5 Å². The second-order valence-electron chi connectivity index (χ2n) is 7.88. The fourth-order valence-electron chi connectivity index (χ4n) is 3.85. The van der Waals surface area contributed by atoms with E-state index in [1.807, 2.05) is 12.1 Å². The van der Waals surface area contributed by atoms with Crippen molar-refractivity contribution in [1.82, 2.24) is 9.80 Å². The van der Waals surface area contributed by atoms with Crippen molar-refractivity contribution in [2.24, 2.45) is 0 Å². The summed E-state index contributed by atoms with van der Waals surface area (Å²) in [5, 5.41) is 14.8. The zero-order chi connectivity index (χ0) is 26.7. The Labute approximate surface area is 210 Å². The summed E-state index contributed by atoms with van der Waals surface area (Å²) in [6.07, 6.45) is 0. The molecule has 36 heavy (non-hydrogen) atoms. The summed E-state index contributed by atoms with van der Waals surface area (Å²) >= 11 is 0. The third-order valence-corrected chi connectivity index (χ3v) is 5.64. The molecule has 1 aliphatic rings. The van der Waals surface area contributed by atoms with E-state index in [9.17, 15) is 0 Å². The molecule has 2 N–H and O–H groups in total. The number of aliphatic carboxylic acids is 2. The van der Waals surface area contributed by atoms with Gasteiger partial charge in [-0.25, -0.2) is 9.59 Å². The highest BCUT2D eigenvalue weighted by Gasteiger charge is 2.21. The molecule has 0 atom stereocenters. The molecule has 1 fully saturated rings. The van der Waals surface area contributed by atoms with E-state index in [1.54, 1.807) is 35.5 Å². The maximum Gasteiger partial charge on any atom is 0.414 e. The minimum absolute atomic E-state index is 0.642. The van der Waals surface area contributed by atoms with Gasteiger partial charge in [0.2, 0.25) is 5.75 Å². The minimum Gasteiger partial charge on any atom is -0.497 e. The first kappa shape index (κ1) is 28.5. The number of hydrogen-bond donors (Lipinski definition) is 2. The molecule has 1 aliphatic heterocycles. The Morgan fingerprint density at radius 1 is 0.694 bits per heavy atom. The van der Waals surface area contributed by atoms with Crippen molar-refractivity contribution >= 4 is 11.9 Å². The predicted molar refractivity (Wildman–Crippen MR) is 131 cm³/mol. The first-order valence-corrected chi connectivity index (χ1v) is 11.2. The van der Waals surface area contributed by atoms with E-state index in [-0.39, 0.29) is 0 Å². The molecule has 0 saturated carbocycles. The molecule has 3 rings (SSSR count). The molecule has 0 aliphatic carbocycles. The summed E-state index contributed by atoms with van der Waals surface area (Å²) in [6, 6.07) is 10.0. The van der Waals surface area contributed by atoms with Gasteiger partial charge >= 0.3 is 11.9 Å². The molecule has 0 aromatic heterocycles. The third kappa shape index (κ3) is 7.92. The molecule has 2 aromatic carbocycles. The summed E-state index contributed by atoms with van der Waals surface area (Å²) in [5.41, 5.74) is 2.29. The zero-order valence-electron chi connectivity index (χ0n) is 21.3. The van der Waals surface area contributed by atoms with Gasteiger partial charge in [-0.15, -0.1) is 0 Å². The van der Waals surface area contributed by atoms with Crippen molar-refractivity contribution in [2.45, 2.75) is 13.1 Å². The lowest BCUT2D eigenvalue weighted by Gasteiger charge is -2.35.